The van der Waals surface area contributed by atoms with Crippen molar-refractivity contribution in [3.63, 3.8) is 0 Å². The van der Waals surface area contributed by atoms with Gasteiger partial charge in [0.1, 0.15) is 18.9 Å². The molecule has 0 spiro atoms. The lowest BCUT2D eigenvalue weighted by atomic mass is 9.98. The number of ether oxygens (including phenoxy) is 2. The van der Waals surface area contributed by atoms with Crippen LogP contribution in [0.2, 0.25) is 0 Å². The van der Waals surface area contributed by atoms with Gasteiger partial charge in [0, 0.05) is 6.04 Å². The molecule has 3 aromatic rings. The number of aryl methyl sites for hydroxylation is 1. The van der Waals surface area contributed by atoms with Crippen LogP contribution in [-0.4, -0.2) is 50.5 Å². The molecular weight excluding hydrogens is 450 g/mol. The molecule has 0 radical (unpaired) electrons. The maximum atomic E-state index is 12.1. The average Bonchev–Trinajstić information content (AvgIpc) is 3.28. The Labute approximate surface area is 203 Å². The van der Waals surface area contributed by atoms with E-state index in [0.717, 1.165) is 16.7 Å². The second-order valence-corrected chi connectivity index (χ2v) is 7.83. The van der Waals surface area contributed by atoms with Crippen LogP contribution < -0.4 is 10.1 Å². The topological polar surface area (TPSA) is 128 Å². The summed E-state index contributed by atoms with van der Waals surface area (Å²) >= 11 is 0. The maximum Gasteiger partial charge on any atom is 0.327 e. The molecule has 10 heteroatoms. The lowest BCUT2D eigenvalue weighted by Gasteiger charge is -2.25. The molecule has 10 nitrogen and oxygen atoms in total. The van der Waals surface area contributed by atoms with Crippen molar-refractivity contribution in [1.82, 2.24) is 25.5 Å². The van der Waals surface area contributed by atoms with Crippen LogP contribution >= 0.6 is 0 Å². The minimum absolute atomic E-state index is 0.167. The van der Waals surface area contributed by atoms with Crippen LogP contribution in [0, 0.1) is 6.92 Å². The molecule has 1 heterocycles. The number of carbonyl (C=O) groups is 2. The fourth-order valence-corrected chi connectivity index (χ4v) is 3.63. The summed E-state index contributed by atoms with van der Waals surface area (Å²) in [6.07, 6.45) is 1.49. The molecule has 0 aliphatic carbocycles. The van der Waals surface area contributed by atoms with Gasteiger partial charge in [-0.1, -0.05) is 54.6 Å². The molecule has 0 fully saturated rings. The number of benzene rings is 2. The van der Waals surface area contributed by atoms with Gasteiger partial charge in [0.25, 0.3) is 0 Å². The van der Waals surface area contributed by atoms with Crippen molar-refractivity contribution in [2.45, 2.75) is 38.9 Å². The van der Waals surface area contributed by atoms with Crippen LogP contribution in [0.4, 0.5) is 0 Å². The first-order valence-corrected chi connectivity index (χ1v) is 11.2. The van der Waals surface area contributed by atoms with Crippen molar-refractivity contribution in [3.05, 3.63) is 83.7 Å². The summed E-state index contributed by atoms with van der Waals surface area (Å²) in [5.41, 5.74) is 2.58. The second-order valence-electron chi connectivity index (χ2n) is 7.83. The highest BCUT2D eigenvalue weighted by atomic mass is 16.5. The molecular formula is C25H29N5O5. The van der Waals surface area contributed by atoms with E-state index in [0.29, 0.717) is 18.2 Å². The van der Waals surface area contributed by atoms with Gasteiger partial charge in [-0.05, 0) is 47.5 Å². The third-order valence-electron chi connectivity index (χ3n) is 5.17. The molecule has 1 aromatic heterocycles. The number of hydrogen-bond donors (Lipinski definition) is 2. The number of carbonyl (C=O) groups excluding carboxylic acids is 1. The molecule has 0 aliphatic rings. The fraction of sp³-hybridized carbons (Fsp3) is 0.320. The van der Waals surface area contributed by atoms with Crippen molar-refractivity contribution in [2.24, 2.45) is 0 Å². The third-order valence-corrected chi connectivity index (χ3v) is 5.17. The van der Waals surface area contributed by atoms with Gasteiger partial charge in [-0.25, -0.2) is 4.68 Å². The number of carboxylic acid groups (broad SMARTS) is 1. The zero-order valence-electron chi connectivity index (χ0n) is 19.8. The van der Waals surface area contributed by atoms with E-state index < -0.39 is 24.0 Å². The average molecular weight is 480 g/mol. The van der Waals surface area contributed by atoms with Crippen molar-refractivity contribution >= 4 is 11.9 Å². The van der Waals surface area contributed by atoms with Gasteiger partial charge >= 0.3 is 11.9 Å². The molecule has 3 rings (SSSR count). The summed E-state index contributed by atoms with van der Waals surface area (Å²) in [6.45, 7) is 7.74. The molecule has 2 N–H and O–H groups in total. The molecule has 2 aromatic carbocycles. The third kappa shape index (κ3) is 7.21. The number of aliphatic carboxylic acids is 1. The van der Waals surface area contributed by atoms with Gasteiger partial charge < -0.3 is 14.6 Å². The normalized spacial score (nSPS) is 12.5. The summed E-state index contributed by atoms with van der Waals surface area (Å²) in [7, 11) is 0. The summed E-state index contributed by atoms with van der Waals surface area (Å²) in [6, 6.07) is 13.7. The quantitative estimate of drug-likeness (QED) is 0.281. The van der Waals surface area contributed by atoms with E-state index in [1.807, 2.05) is 43.3 Å². The Morgan fingerprint density at radius 2 is 1.97 bits per heavy atom. The van der Waals surface area contributed by atoms with Gasteiger partial charge in [-0.2, -0.15) is 0 Å². The Balaban J connectivity index is 2.00. The van der Waals surface area contributed by atoms with Crippen molar-refractivity contribution in [3.8, 4) is 5.75 Å². The number of nitrogens with zero attached hydrogens (tertiary/aromatic N) is 4. The molecule has 0 amide bonds. The molecule has 0 saturated carbocycles. The Bertz CT molecular complexity index is 1150. The number of carboxylic acids is 1. The van der Waals surface area contributed by atoms with E-state index in [4.69, 9.17) is 9.47 Å². The van der Waals surface area contributed by atoms with E-state index in [9.17, 15) is 14.7 Å². The number of hydrogen-bond acceptors (Lipinski definition) is 8. The summed E-state index contributed by atoms with van der Waals surface area (Å²) in [5, 5.41) is 24.9. The van der Waals surface area contributed by atoms with Crippen LogP contribution in [0.1, 0.15) is 47.9 Å². The van der Waals surface area contributed by atoms with E-state index in [1.165, 1.54) is 4.68 Å². The van der Waals surface area contributed by atoms with Gasteiger partial charge in [-0.3, -0.25) is 14.9 Å². The molecule has 2 unspecified atom stereocenters. The number of aromatic nitrogens is 4. The molecule has 184 valence electrons. The summed E-state index contributed by atoms with van der Waals surface area (Å²) in [4.78, 5) is 23.9. The summed E-state index contributed by atoms with van der Waals surface area (Å²) < 4.78 is 12.0. The Kier molecular flexibility index (Phi) is 9.08. The van der Waals surface area contributed by atoms with Gasteiger partial charge in [0.2, 0.25) is 0 Å². The molecule has 0 aliphatic heterocycles. The van der Waals surface area contributed by atoms with Crippen molar-refractivity contribution in [1.29, 1.82) is 0 Å². The highest BCUT2D eigenvalue weighted by Crippen LogP contribution is 2.28. The molecule has 35 heavy (non-hydrogen) atoms. The lowest BCUT2D eigenvalue weighted by molar-refractivity contribution is -0.144. The van der Waals surface area contributed by atoms with Crippen molar-refractivity contribution in [2.75, 3.05) is 13.2 Å². The van der Waals surface area contributed by atoms with Gasteiger partial charge in [-0.15, -0.1) is 5.10 Å². The van der Waals surface area contributed by atoms with E-state index in [2.05, 4.69) is 27.4 Å². The number of rotatable bonds is 13. The SMILES string of the molecule is C=CCOc1ccc(C(NC(CC(=O)O)c2cccc(C)c2)c2nnnn2CC(=O)OCC)cc1. The minimum atomic E-state index is -0.956. The number of tetrazole rings is 1. The standard InChI is InChI=1S/C25H29N5O5/c1-4-13-35-20-11-9-18(10-12-20)24(25-27-28-29-30(25)16-23(33)34-5-2)26-21(15-22(31)32)19-8-6-7-17(3)14-19/h4,6-12,14,21,24,26H,1,5,13,15-16H2,2-3H3,(H,31,32). The minimum Gasteiger partial charge on any atom is -0.490 e. The zero-order chi connectivity index (χ0) is 25.2. The first kappa shape index (κ1) is 25.6. The predicted octanol–water partition coefficient (Wildman–Crippen LogP) is 3.00. The fourth-order valence-electron chi connectivity index (χ4n) is 3.63. The van der Waals surface area contributed by atoms with Crippen LogP contribution in [0.5, 0.6) is 5.75 Å². The first-order chi connectivity index (χ1) is 16.9. The Hall–Kier alpha value is -4.05. The predicted molar refractivity (Wildman–Crippen MR) is 128 cm³/mol. The lowest BCUT2D eigenvalue weighted by Crippen LogP contribution is -2.32. The monoisotopic (exact) mass is 479 g/mol. The van der Waals surface area contributed by atoms with Gasteiger partial charge in [0.15, 0.2) is 5.82 Å². The first-order valence-electron chi connectivity index (χ1n) is 11.2. The van der Waals surface area contributed by atoms with E-state index >= 15 is 0 Å². The highest BCUT2D eigenvalue weighted by molar-refractivity contribution is 5.69. The number of esters is 1. The molecule has 2 atom stereocenters. The van der Waals surface area contributed by atoms with Crippen LogP contribution in [0.3, 0.4) is 0 Å². The van der Waals surface area contributed by atoms with Gasteiger partial charge in [0.05, 0.1) is 19.1 Å². The molecule has 0 bridgehead atoms. The Morgan fingerprint density at radius 1 is 1.20 bits per heavy atom. The summed E-state index contributed by atoms with van der Waals surface area (Å²) in [5.74, 6) is -0.434. The van der Waals surface area contributed by atoms with Crippen LogP contribution in [0.25, 0.3) is 0 Å². The maximum absolute atomic E-state index is 12.1. The Morgan fingerprint density at radius 3 is 2.63 bits per heavy atom. The van der Waals surface area contributed by atoms with Crippen LogP contribution in [0.15, 0.2) is 61.2 Å². The highest BCUT2D eigenvalue weighted by Gasteiger charge is 2.27. The second kappa shape index (κ2) is 12.4. The number of nitrogens with one attached hydrogen (secondary N) is 1. The van der Waals surface area contributed by atoms with Crippen molar-refractivity contribution < 1.29 is 24.2 Å². The largest absolute Gasteiger partial charge is 0.490 e. The molecule has 0 saturated heterocycles. The van der Waals surface area contributed by atoms with Crippen LogP contribution in [-0.2, 0) is 20.9 Å². The van der Waals surface area contributed by atoms with E-state index in [1.54, 1.807) is 25.1 Å². The zero-order valence-corrected chi connectivity index (χ0v) is 19.8. The smallest absolute Gasteiger partial charge is 0.327 e. The van der Waals surface area contributed by atoms with E-state index in [-0.39, 0.29) is 19.6 Å².